The van der Waals surface area contributed by atoms with Crippen LogP contribution in [0.15, 0.2) is 61.1 Å². The van der Waals surface area contributed by atoms with E-state index >= 15 is 0 Å². The molecule has 0 atom stereocenters. The summed E-state index contributed by atoms with van der Waals surface area (Å²) in [7, 11) is 0. The van der Waals surface area contributed by atoms with Gasteiger partial charge >= 0.3 is 0 Å². The number of carbonyl (C=O) groups excluding carboxylic acids is 2. The second-order valence-electron chi connectivity index (χ2n) is 10.1. The number of benzene rings is 1. The smallest absolute Gasteiger partial charge is 0.235 e. The lowest BCUT2D eigenvalue weighted by Crippen LogP contribution is -2.29. The third-order valence-electron chi connectivity index (χ3n) is 7.08. The highest BCUT2D eigenvalue weighted by atomic mass is 19.1. The molecule has 1 aliphatic rings. The Labute approximate surface area is 223 Å². The molecule has 0 saturated carbocycles. The normalized spacial score (nSPS) is 13.9. The molecule has 0 aliphatic carbocycles. The molecular formula is C29H24FN7O2. The molecule has 0 bridgehead atoms. The lowest BCUT2D eigenvalue weighted by Gasteiger charge is -2.18. The average Bonchev–Trinajstić information content (AvgIpc) is 3.40. The van der Waals surface area contributed by atoms with Crippen molar-refractivity contribution in [1.82, 2.24) is 29.7 Å². The van der Waals surface area contributed by atoms with Gasteiger partial charge in [0.25, 0.3) is 0 Å². The van der Waals surface area contributed by atoms with E-state index < -0.39 is 5.41 Å². The van der Waals surface area contributed by atoms with Gasteiger partial charge in [0.05, 0.1) is 17.3 Å². The maximum Gasteiger partial charge on any atom is 0.235 e. The highest BCUT2D eigenvalue weighted by molar-refractivity contribution is 6.10. The highest BCUT2D eigenvalue weighted by Gasteiger charge is 2.44. The minimum Gasteiger partial charge on any atom is -0.310 e. The largest absolute Gasteiger partial charge is 0.310 e. The second-order valence-corrected chi connectivity index (χ2v) is 10.1. The standard InChI is InChI=1S/C29H24FN7O2/c1-16-14-31-12-10-17(16)13-21(38)24-22-25(35-28(39)29(22,2)3)34-26(33-24)23-19-8-6-11-32-27(19)37(36-23)15-18-7-4-5-9-20(18)30/h4-12,14H,13,15H2,1-3H3,(H,33,34,35,39). The van der Waals surface area contributed by atoms with Crippen molar-refractivity contribution in [2.45, 2.75) is 39.2 Å². The average molecular weight is 522 g/mol. The summed E-state index contributed by atoms with van der Waals surface area (Å²) >= 11 is 0. The molecular weight excluding hydrogens is 497 g/mol. The second kappa shape index (κ2) is 9.16. The van der Waals surface area contributed by atoms with Gasteiger partial charge in [-0.2, -0.15) is 5.10 Å². The maximum atomic E-state index is 14.4. The number of rotatable bonds is 6. The van der Waals surface area contributed by atoms with Crippen LogP contribution >= 0.6 is 0 Å². The summed E-state index contributed by atoms with van der Waals surface area (Å²) < 4.78 is 16.0. The Bertz CT molecular complexity index is 1790. The zero-order chi connectivity index (χ0) is 27.3. The van der Waals surface area contributed by atoms with Crippen molar-refractivity contribution in [3.05, 3.63) is 94.8 Å². The molecule has 10 heteroatoms. The maximum absolute atomic E-state index is 14.4. The first-order valence-corrected chi connectivity index (χ1v) is 12.5. The first-order valence-electron chi connectivity index (χ1n) is 12.5. The van der Waals surface area contributed by atoms with Crippen LogP contribution in [0.25, 0.3) is 22.6 Å². The summed E-state index contributed by atoms with van der Waals surface area (Å²) in [6, 6.07) is 11.9. The number of fused-ring (bicyclic) bond motifs is 2. The molecule has 0 fully saturated rings. The van der Waals surface area contributed by atoms with Gasteiger partial charge in [0.2, 0.25) is 5.91 Å². The van der Waals surface area contributed by atoms with E-state index in [2.05, 4.69) is 20.3 Å². The highest BCUT2D eigenvalue weighted by Crippen LogP contribution is 2.40. The van der Waals surface area contributed by atoms with Crippen molar-refractivity contribution in [3.63, 3.8) is 0 Å². The summed E-state index contributed by atoms with van der Waals surface area (Å²) in [5.74, 6) is -0.411. The van der Waals surface area contributed by atoms with Crippen molar-refractivity contribution in [2.75, 3.05) is 5.32 Å². The minimum atomic E-state index is -1.00. The summed E-state index contributed by atoms with van der Waals surface area (Å²) in [4.78, 5) is 44.5. The van der Waals surface area contributed by atoms with Crippen LogP contribution in [-0.4, -0.2) is 41.4 Å². The molecule has 1 aliphatic heterocycles. The fourth-order valence-electron chi connectivity index (χ4n) is 4.86. The molecule has 194 valence electrons. The molecule has 9 nitrogen and oxygen atoms in total. The van der Waals surface area contributed by atoms with Crippen molar-refractivity contribution in [2.24, 2.45) is 0 Å². The number of aryl methyl sites for hydroxylation is 1. The number of hydrogen-bond acceptors (Lipinski definition) is 7. The molecule has 5 heterocycles. The first-order chi connectivity index (χ1) is 18.7. The van der Waals surface area contributed by atoms with E-state index in [4.69, 9.17) is 10.1 Å². The summed E-state index contributed by atoms with van der Waals surface area (Å²) in [5, 5.41) is 8.16. The van der Waals surface area contributed by atoms with Crippen molar-refractivity contribution in [1.29, 1.82) is 0 Å². The molecule has 1 amide bonds. The van der Waals surface area contributed by atoms with Crippen LogP contribution in [0, 0.1) is 12.7 Å². The predicted octanol–water partition coefficient (Wildman–Crippen LogP) is 4.43. The van der Waals surface area contributed by atoms with Gasteiger partial charge < -0.3 is 5.32 Å². The number of Topliss-reactive ketones (excluding diaryl/α,β-unsaturated/α-hetero) is 1. The monoisotopic (exact) mass is 521 g/mol. The summed E-state index contributed by atoms with van der Waals surface area (Å²) in [6.07, 6.45) is 5.06. The molecule has 0 radical (unpaired) electrons. The molecule has 0 unspecified atom stereocenters. The number of pyridine rings is 2. The van der Waals surface area contributed by atoms with Gasteiger partial charge in [-0.15, -0.1) is 0 Å². The Balaban J connectivity index is 1.51. The molecule has 1 aromatic carbocycles. The Morgan fingerprint density at radius 1 is 1.05 bits per heavy atom. The van der Waals surface area contributed by atoms with E-state index in [-0.39, 0.29) is 47.8 Å². The van der Waals surface area contributed by atoms with Gasteiger partial charge in [0, 0.05) is 36.1 Å². The van der Waals surface area contributed by atoms with Crippen LogP contribution in [0.2, 0.25) is 0 Å². The number of hydrogen-bond donors (Lipinski definition) is 1. The number of halogens is 1. The molecule has 4 aromatic heterocycles. The van der Waals surface area contributed by atoms with Crippen molar-refractivity contribution in [3.8, 4) is 11.5 Å². The van der Waals surface area contributed by atoms with E-state index in [1.165, 1.54) is 6.07 Å². The predicted molar refractivity (Wildman–Crippen MR) is 143 cm³/mol. The first kappa shape index (κ1) is 24.5. The van der Waals surface area contributed by atoms with Crippen molar-refractivity contribution >= 4 is 28.5 Å². The number of nitrogens with zero attached hydrogens (tertiary/aromatic N) is 6. The van der Waals surface area contributed by atoms with Gasteiger partial charge in [-0.1, -0.05) is 18.2 Å². The van der Waals surface area contributed by atoms with Gasteiger partial charge in [-0.05, 0) is 56.2 Å². The van der Waals surface area contributed by atoms with Gasteiger partial charge in [-0.3, -0.25) is 14.6 Å². The van der Waals surface area contributed by atoms with E-state index in [9.17, 15) is 14.0 Å². The minimum absolute atomic E-state index is 0.0888. The number of anilines is 1. The number of ketones is 1. The lowest BCUT2D eigenvalue weighted by atomic mass is 9.84. The van der Waals surface area contributed by atoms with E-state index in [1.807, 2.05) is 13.0 Å². The zero-order valence-electron chi connectivity index (χ0n) is 21.6. The Morgan fingerprint density at radius 3 is 2.67 bits per heavy atom. The Kier molecular flexibility index (Phi) is 5.75. The number of aromatic nitrogens is 6. The van der Waals surface area contributed by atoms with E-state index in [1.54, 1.807) is 67.5 Å². The van der Waals surface area contributed by atoms with Crippen LogP contribution in [0.4, 0.5) is 10.2 Å². The summed E-state index contributed by atoms with van der Waals surface area (Å²) in [6.45, 7) is 5.52. The quantitative estimate of drug-likeness (QED) is 0.329. The van der Waals surface area contributed by atoms with E-state index in [0.717, 1.165) is 11.1 Å². The van der Waals surface area contributed by atoms with E-state index in [0.29, 0.717) is 27.9 Å². The number of amides is 1. The molecule has 39 heavy (non-hydrogen) atoms. The molecule has 0 spiro atoms. The third kappa shape index (κ3) is 4.14. The van der Waals surface area contributed by atoms with Crippen LogP contribution in [0.3, 0.4) is 0 Å². The molecule has 6 rings (SSSR count). The van der Waals surface area contributed by atoms with Crippen LogP contribution in [-0.2, 0) is 23.2 Å². The van der Waals surface area contributed by atoms with Gasteiger partial charge in [0.1, 0.15) is 23.0 Å². The fourth-order valence-corrected chi connectivity index (χ4v) is 4.86. The fraction of sp³-hybridized carbons (Fsp3) is 0.207. The summed E-state index contributed by atoms with van der Waals surface area (Å²) in [5.41, 5.74) is 2.68. The number of carbonyl (C=O) groups is 2. The molecule has 5 aromatic rings. The SMILES string of the molecule is Cc1cnccc1CC(=O)c1nc(-c2nn(Cc3ccccc3F)c3ncccc23)nc2c1C(C)(C)C(=O)N2. The lowest BCUT2D eigenvalue weighted by molar-refractivity contribution is -0.119. The van der Waals surface area contributed by atoms with Crippen molar-refractivity contribution < 1.29 is 14.0 Å². The Morgan fingerprint density at radius 2 is 1.87 bits per heavy atom. The van der Waals surface area contributed by atoms with Gasteiger partial charge in [0.15, 0.2) is 17.3 Å². The van der Waals surface area contributed by atoms with Crippen LogP contribution < -0.4 is 5.32 Å². The van der Waals surface area contributed by atoms with Crippen LogP contribution in [0.1, 0.15) is 46.6 Å². The topological polar surface area (TPSA) is 116 Å². The van der Waals surface area contributed by atoms with Gasteiger partial charge in [-0.25, -0.2) is 24.0 Å². The molecule has 1 N–H and O–H groups in total. The zero-order valence-corrected chi connectivity index (χ0v) is 21.6. The number of nitrogens with one attached hydrogen (secondary N) is 1. The third-order valence-corrected chi connectivity index (χ3v) is 7.08. The molecule has 0 saturated heterocycles. The van der Waals surface area contributed by atoms with Crippen LogP contribution in [0.5, 0.6) is 0 Å². The Hall–Kier alpha value is -4.86.